The molecule has 1 aromatic rings. The summed E-state index contributed by atoms with van der Waals surface area (Å²) in [4.78, 5) is 13.9. The van der Waals surface area contributed by atoms with Gasteiger partial charge in [0.1, 0.15) is 0 Å². The third kappa shape index (κ3) is 4.19. The molecule has 1 fully saturated rings. The van der Waals surface area contributed by atoms with E-state index in [4.69, 9.17) is 11.6 Å². The van der Waals surface area contributed by atoms with Crippen LogP contribution in [0.2, 0.25) is 5.02 Å². The summed E-state index contributed by atoms with van der Waals surface area (Å²) < 4.78 is 26.8. The molecular weight excluding hydrogens is 328 g/mol. The van der Waals surface area contributed by atoms with E-state index in [9.17, 15) is 18.3 Å². The lowest BCUT2D eigenvalue weighted by Crippen LogP contribution is -2.49. The van der Waals surface area contributed by atoms with Gasteiger partial charge in [-0.25, -0.2) is 8.42 Å². The standard InChI is InChI=1S/C14H19ClN2O4S/c1-10(14(19)17-8-6-12(18)7-9-17)16-22(20,21)13-4-2-11(15)3-5-13/h2-5,10,12,16,18H,6-9H2,1H3/t10-/m0/s1. The molecule has 0 radical (unpaired) electrons. The van der Waals surface area contributed by atoms with E-state index in [2.05, 4.69) is 4.72 Å². The number of nitrogens with zero attached hydrogens (tertiary/aromatic N) is 1. The van der Waals surface area contributed by atoms with Crippen molar-refractivity contribution in [3.8, 4) is 0 Å². The number of benzene rings is 1. The molecule has 0 aromatic heterocycles. The fourth-order valence-electron chi connectivity index (χ4n) is 2.33. The lowest BCUT2D eigenvalue weighted by Gasteiger charge is -2.31. The van der Waals surface area contributed by atoms with Crippen molar-refractivity contribution in [1.82, 2.24) is 9.62 Å². The zero-order valence-corrected chi connectivity index (χ0v) is 13.8. The second-order valence-electron chi connectivity index (χ2n) is 5.35. The Labute approximate surface area is 135 Å². The summed E-state index contributed by atoms with van der Waals surface area (Å²) in [5.74, 6) is -0.288. The number of likely N-dealkylation sites (tertiary alicyclic amines) is 1. The molecule has 0 spiro atoms. The molecular formula is C14H19ClN2O4S. The van der Waals surface area contributed by atoms with E-state index in [1.807, 2.05) is 0 Å². The van der Waals surface area contributed by atoms with Crippen molar-refractivity contribution in [2.24, 2.45) is 0 Å². The number of sulfonamides is 1. The lowest BCUT2D eigenvalue weighted by atomic mass is 10.1. The molecule has 1 heterocycles. The van der Waals surface area contributed by atoms with Gasteiger partial charge in [0, 0.05) is 18.1 Å². The molecule has 122 valence electrons. The molecule has 0 aliphatic carbocycles. The van der Waals surface area contributed by atoms with Crippen molar-refractivity contribution in [3.63, 3.8) is 0 Å². The number of carbonyl (C=O) groups is 1. The molecule has 1 aliphatic rings. The minimum absolute atomic E-state index is 0.0608. The Bertz CT molecular complexity index is 625. The van der Waals surface area contributed by atoms with E-state index >= 15 is 0 Å². The molecule has 1 aromatic carbocycles. The largest absolute Gasteiger partial charge is 0.393 e. The Morgan fingerprint density at radius 3 is 2.41 bits per heavy atom. The first-order valence-corrected chi connectivity index (χ1v) is 8.90. The maximum Gasteiger partial charge on any atom is 0.241 e. The van der Waals surface area contributed by atoms with Crippen molar-refractivity contribution in [1.29, 1.82) is 0 Å². The summed E-state index contributed by atoms with van der Waals surface area (Å²) in [6, 6.07) is 4.87. The van der Waals surface area contributed by atoms with Crippen LogP contribution in [-0.4, -0.2) is 49.6 Å². The van der Waals surface area contributed by atoms with Crippen LogP contribution in [0.3, 0.4) is 0 Å². The van der Waals surface area contributed by atoms with Gasteiger partial charge in [-0.2, -0.15) is 4.72 Å². The molecule has 1 saturated heterocycles. The molecule has 0 unspecified atom stereocenters. The normalized spacial score (nSPS) is 18.2. The van der Waals surface area contributed by atoms with E-state index < -0.39 is 16.1 Å². The van der Waals surface area contributed by atoms with Gasteiger partial charge in [-0.15, -0.1) is 0 Å². The van der Waals surface area contributed by atoms with Crippen LogP contribution >= 0.6 is 11.6 Å². The van der Waals surface area contributed by atoms with E-state index in [1.165, 1.54) is 31.2 Å². The first-order chi connectivity index (χ1) is 10.3. The van der Waals surface area contributed by atoms with Crippen LogP contribution in [-0.2, 0) is 14.8 Å². The van der Waals surface area contributed by atoms with Gasteiger partial charge in [-0.1, -0.05) is 11.6 Å². The summed E-state index contributed by atoms with van der Waals surface area (Å²) in [5.41, 5.74) is 0. The predicted octanol–water partition coefficient (Wildman–Crippen LogP) is 0.990. The first-order valence-electron chi connectivity index (χ1n) is 7.04. The van der Waals surface area contributed by atoms with Crippen LogP contribution in [0, 0.1) is 0 Å². The highest BCUT2D eigenvalue weighted by atomic mass is 35.5. The Balaban J connectivity index is 2.02. The Morgan fingerprint density at radius 1 is 1.32 bits per heavy atom. The summed E-state index contributed by atoms with van der Waals surface area (Å²) in [6.45, 7) is 2.39. The molecule has 8 heteroatoms. The molecule has 6 nitrogen and oxygen atoms in total. The van der Waals surface area contributed by atoms with Crippen LogP contribution in [0.15, 0.2) is 29.2 Å². The van der Waals surface area contributed by atoms with Crippen molar-refractivity contribution in [2.45, 2.75) is 36.8 Å². The molecule has 22 heavy (non-hydrogen) atoms. The first kappa shape index (κ1) is 17.2. The number of amides is 1. The SMILES string of the molecule is C[C@H](NS(=O)(=O)c1ccc(Cl)cc1)C(=O)N1CCC(O)CC1. The van der Waals surface area contributed by atoms with Crippen LogP contribution < -0.4 is 4.72 Å². The zero-order chi connectivity index (χ0) is 16.3. The van der Waals surface area contributed by atoms with Crippen LogP contribution in [0.4, 0.5) is 0 Å². The Kier molecular flexibility index (Phi) is 5.44. The minimum atomic E-state index is -3.78. The van der Waals surface area contributed by atoms with Crippen molar-refractivity contribution >= 4 is 27.5 Å². The third-order valence-corrected chi connectivity index (χ3v) is 5.41. The predicted molar refractivity (Wildman–Crippen MR) is 83.1 cm³/mol. The van der Waals surface area contributed by atoms with E-state index in [0.29, 0.717) is 31.0 Å². The van der Waals surface area contributed by atoms with Gasteiger partial charge >= 0.3 is 0 Å². The summed E-state index contributed by atoms with van der Waals surface area (Å²) in [7, 11) is -3.78. The maximum atomic E-state index is 12.3. The Morgan fingerprint density at radius 2 is 1.86 bits per heavy atom. The van der Waals surface area contributed by atoms with Gasteiger partial charge in [0.05, 0.1) is 17.0 Å². The third-order valence-electron chi connectivity index (χ3n) is 3.60. The zero-order valence-electron chi connectivity index (χ0n) is 12.2. The van der Waals surface area contributed by atoms with Crippen molar-refractivity contribution in [2.75, 3.05) is 13.1 Å². The molecule has 1 atom stereocenters. The number of halogens is 1. The summed E-state index contributed by atoms with van der Waals surface area (Å²) in [6.07, 6.45) is 0.648. The number of aliphatic hydroxyl groups excluding tert-OH is 1. The van der Waals surface area contributed by atoms with Crippen molar-refractivity contribution < 1.29 is 18.3 Å². The van der Waals surface area contributed by atoms with Crippen LogP contribution in [0.1, 0.15) is 19.8 Å². The van der Waals surface area contributed by atoms with E-state index in [1.54, 1.807) is 4.90 Å². The van der Waals surface area contributed by atoms with Crippen molar-refractivity contribution in [3.05, 3.63) is 29.3 Å². The highest BCUT2D eigenvalue weighted by Gasteiger charge is 2.28. The lowest BCUT2D eigenvalue weighted by molar-refractivity contribution is -0.134. The topological polar surface area (TPSA) is 86.7 Å². The second kappa shape index (κ2) is 6.95. The van der Waals surface area contributed by atoms with Crippen LogP contribution in [0.25, 0.3) is 0 Å². The molecule has 2 N–H and O–H groups in total. The average molecular weight is 347 g/mol. The van der Waals surface area contributed by atoms with Gasteiger partial charge in [-0.05, 0) is 44.0 Å². The summed E-state index contributed by atoms with van der Waals surface area (Å²) in [5, 5.41) is 9.88. The van der Waals surface area contributed by atoms with Gasteiger partial charge in [0.15, 0.2) is 0 Å². The Hall–Kier alpha value is -1.15. The highest BCUT2D eigenvalue weighted by Crippen LogP contribution is 2.15. The van der Waals surface area contributed by atoms with Gasteiger partial charge in [-0.3, -0.25) is 4.79 Å². The smallest absolute Gasteiger partial charge is 0.241 e. The molecule has 0 bridgehead atoms. The number of hydrogen-bond acceptors (Lipinski definition) is 4. The fourth-order valence-corrected chi connectivity index (χ4v) is 3.65. The van der Waals surface area contributed by atoms with Gasteiger partial charge in [0.2, 0.25) is 15.9 Å². The maximum absolute atomic E-state index is 12.3. The number of carbonyl (C=O) groups excluding carboxylic acids is 1. The second-order valence-corrected chi connectivity index (χ2v) is 7.50. The summed E-state index contributed by atoms with van der Waals surface area (Å²) >= 11 is 5.73. The number of aliphatic hydroxyl groups is 1. The number of rotatable bonds is 4. The number of nitrogens with one attached hydrogen (secondary N) is 1. The van der Waals surface area contributed by atoms with E-state index in [-0.39, 0.29) is 16.9 Å². The number of piperidine rings is 1. The quantitative estimate of drug-likeness (QED) is 0.851. The molecule has 0 saturated carbocycles. The minimum Gasteiger partial charge on any atom is -0.393 e. The monoisotopic (exact) mass is 346 g/mol. The van der Waals surface area contributed by atoms with Gasteiger partial charge in [0.25, 0.3) is 0 Å². The fraction of sp³-hybridized carbons (Fsp3) is 0.500. The highest BCUT2D eigenvalue weighted by molar-refractivity contribution is 7.89. The van der Waals surface area contributed by atoms with E-state index in [0.717, 1.165) is 0 Å². The molecule has 2 rings (SSSR count). The van der Waals surface area contributed by atoms with Crippen LogP contribution in [0.5, 0.6) is 0 Å². The molecule has 1 amide bonds. The van der Waals surface area contributed by atoms with Gasteiger partial charge < -0.3 is 10.0 Å². The molecule has 1 aliphatic heterocycles. The number of hydrogen-bond donors (Lipinski definition) is 2. The average Bonchev–Trinajstić information content (AvgIpc) is 2.47.